The van der Waals surface area contributed by atoms with Gasteiger partial charge in [0, 0.05) is 51.3 Å². The van der Waals surface area contributed by atoms with Gasteiger partial charge >= 0.3 is 0 Å². The maximum absolute atomic E-state index is 13.8. The second-order valence-electron chi connectivity index (χ2n) is 7.12. The van der Waals surface area contributed by atoms with Gasteiger partial charge in [0.2, 0.25) is 17.7 Å². The molecule has 2 fully saturated rings. The number of carbonyl (C=O) groups excluding carboxylic acids is 3. The average molecular weight is 379 g/mol. The highest BCUT2D eigenvalue weighted by Gasteiger charge is 2.34. The quantitative estimate of drug-likeness (QED) is 0.798. The van der Waals surface area contributed by atoms with Gasteiger partial charge in [-0.3, -0.25) is 14.4 Å². The first-order valence-electron chi connectivity index (χ1n) is 9.11. The van der Waals surface area contributed by atoms with E-state index in [4.69, 9.17) is 0 Å². The molecule has 0 N–H and O–H groups in total. The molecule has 1 aromatic carbocycles. The van der Waals surface area contributed by atoms with Crippen molar-refractivity contribution < 1.29 is 23.2 Å². The lowest BCUT2D eigenvalue weighted by atomic mass is 9.96. The van der Waals surface area contributed by atoms with Gasteiger partial charge in [-0.25, -0.2) is 8.78 Å². The molecule has 0 radical (unpaired) electrons. The smallest absolute Gasteiger partial charge is 0.242 e. The fourth-order valence-electron chi connectivity index (χ4n) is 3.64. The first-order valence-corrected chi connectivity index (χ1v) is 9.11. The molecule has 1 atom stereocenters. The molecule has 2 aliphatic heterocycles. The fourth-order valence-corrected chi connectivity index (χ4v) is 3.64. The van der Waals surface area contributed by atoms with Crippen LogP contribution in [-0.2, 0) is 20.9 Å². The molecule has 0 bridgehead atoms. The Kier molecular flexibility index (Phi) is 5.72. The van der Waals surface area contributed by atoms with Gasteiger partial charge in [0.15, 0.2) is 0 Å². The van der Waals surface area contributed by atoms with E-state index in [-0.39, 0.29) is 42.3 Å². The molecular weight excluding hydrogens is 356 g/mol. The maximum Gasteiger partial charge on any atom is 0.242 e. The predicted molar refractivity (Wildman–Crippen MR) is 93.3 cm³/mol. The molecule has 27 heavy (non-hydrogen) atoms. The minimum absolute atomic E-state index is 0.0466. The highest BCUT2D eigenvalue weighted by Crippen LogP contribution is 2.21. The number of carbonyl (C=O) groups is 3. The van der Waals surface area contributed by atoms with Crippen molar-refractivity contribution in [3.8, 4) is 0 Å². The van der Waals surface area contributed by atoms with Crippen molar-refractivity contribution in [3.63, 3.8) is 0 Å². The Hall–Kier alpha value is -2.51. The average Bonchev–Trinajstić information content (AvgIpc) is 2.64. The van der Waals surface area contributed by atoms with Crippen molar-refractivity contribution in [1.82, 2.24) is 14.7 Å². The molecule has 2 aliphatic rings. The van der Waals surface area contributed by atoms with E-state index in [1.54, 1.807) is 4.90 Å². The minimum atomic E-state index is -0.687. The SMILES string of the molecule is CC(=O)N1CCCC(C(=O)N2CCN(Cc3ccc(F)cc3F)C(=O)C2)C1. The Bertz CT molecular complexity index is 756. The van der Waals surface area contributed by atoms with Crippen molar-refractivity contribution in [2.45, 2.75) is 26.3 Å². The fraction of sp³-hybridized carbons (Fsp3) is 0.526. The Morgan fingerprint density at radius 2 is 1.93 bits per heavy atom. The topological polar surface area (TPSA) is 60.9 Å². The van der Waals surface area contributed by atoms with E-state index < -0.39 is 11.6 Å². The van der Waals surface area contributed by atoms with Gasteiger partial charge in [-0.2, -0.15) is 0 Å². The number of nitrogens with zero attached hydrogens (tertiary/aromatic N) is 3. The third-order valence-electron chi connectivity index (χ3n) is 5.22. The molecule has 3 amide bonds. The van der Waals surface area contributed by atoms with E-state index in [9.17, 15) is 23.2 Å². The zero-order valence-electron chi connectivity index (χ0n) is 15.3. The number of hydrogen-bond acceptors (Lipinski definition) is 3. The highest BCUT2D eigenvalue weighted by molar-refractivity contribution is 5.87. The van der Waals surface area contributed by atoms with Gasteiger partial charge in [0.05, 0.1) is 12.5 Å². The van der Waals surface area contributed by atoms with Crippen LogP contribution in [0.1, 0.15) is 25.3 Å². The van der Waals surface area contributed by atoms with Gasteiger partial charge in [0.25, 0.3) is 0 Å². The van der Waals surface area contributed by atoms with Gasteiger partial charge < -0.3 is 14.7 Å². The summed E-state index contributed by atoms with van der Waals surface area (Å²) in [5, 5.41) is 0. The normalized spacial score (nSPS) is 20.8. The molecule has 2 saturated heterocycles. The van der Waals surface area contributed by atoms with Crippen LogP contribution in [0.5, 0.6) is 0 Å². The molecule has 0 saturated carbocycles. The Balaban J connectivity index is 1.58. The third kappa shape index (κ3) is 4.43. The third-order valence-corrected chi connectivity index (χ3v) is 5.22. The van der Waals surface area contributed by atoms with Crippen LogP contribution in [0.2, 0.25) is 0 Å². The lowest BCUT2D eigenvalue weighted by Gasteiger charge is -2.38. The Morgan fingerprint density at radius 1 is 1.15 bits per heavy atom. The van der Waals surface area contributed by atoms with Crippen molar-refractivity contribution >= 4 is 17.7 Å². The van der Waals surface area contributed by atoms with E-state index in [2.05, 4.69) is 0 Å². The summed E-state index contributed by atoms with van der Waals surface area (Å²) in [6.45, 7) is 3.20. The zero-order chi connectivity index (χ0) is 19.6. The summed E-state index contributed by atoms with van der Waals surface area (Å²) < 4.78 is 26.8. The van der Waals surface area contributed by atoms with Crippen LogP contribution in [0.3, 0.4) is 0 Å². The summed E-state index contributed by atoms with van der Waals surface area (Å²) in [5.41, 5.74) is 0.244. The first-order chi connectivity index (χ1) is 12.8. The Labute approximate surface area is 156 Å². The lowest BCUT2D eigenvalue weighted by Crippen LogP contribution is -2.55. The number of amides is 3. The molecule has 2 heterocycles. The van der Waals surface area contributed by atoms with Crippen molar-refractivity contribution in [3.05, 3.63) is 35.4 Å². The first kappa shape index (κ1) is 19.3. The number of benzene rings is 1. The van der Waals surface area contributed by atoms with Crippen LogP contribution < -0.4 is 0 Å². The number of halogens is 2. The number of hydrogen-bond donors (Lipinski definition) is 0. The standard InChI is InChI=1S/C19H23F2N3O3/c1-13(25)22-6-2-3-15(11-22)19(27)24-8-7-23(18(26)12-24)10-14-4-5-16(20)9-17(14)21/h4-5,9,15H,2-3,6-8,10-12H2,1H3. The van der Waals surface area contributed by atoms with Crippen LogP contribution in [0, 0.1) is 17.6 Å². The van der Waals surface area contributed by atoms with Crippen LogP contribution in [0.4, 0.5) is 8.78 Å². The van der Waals surface area contributed by atoms with Crippen molar-refractivity contribution in [2.75, 3.05) is 32.7 Å². The zero-order valence-corrected chi connectivity index (χ0v) is 15.3. The van der Waals surface area contributed by atoms with Gasteiger partial charge in [0.1, 0.15) is 11.6 Å². The van der Waals surface area contributed by atoms with Crippen LogP contribution in [0.15, 0.2) is 18.2 Å². The number of piperidine rings is 1. The summed E-state index contributed by atoms with van der Waals surface area (Å²) >= 11 is 0. The van der Waals surface area contributed by atoms with Gasteiger partial charge in [-0.1, -0.05) is 6.07 Å². The molecule has 0 spiro atoms. The summed E-state index contributed by atoms with van der Waals surface area (Å²) in [7, 11) is 0. The van der Waals surface area contributed by atoms with Crippen LogP contribution >= 0.6 is 0 Å². The molecule has 146 valence electrons. The Morgan fingerprint density at radius 3 is 2.59 bits per heavy atom. The summed E-state index contributed by atoms with van der Waals surface area (Å²) in [6, 6.07) is 3.28. The number of likely N-dealkylation sites (tertiary alicyclic amines) is 1. The van der Waals surface area contributed by atoms with Gasteiger partial charge in [-0.15, -0.1) is 0 Å². The molecule has 6 nitrogen and oxygen atoms in total. The summed E-state index contributed by atoms with van der Waals surface area (Å²) in [6.07, 6.45) is 1.48. The second kappa shape index (κ2) is 8.02. The van der Waals surface area contributed by atoms with Gasteiger partial charge in [-0.05, 0) is 18.9 Å². The second-order valence-corrected chi connectivity index (χ2v) is 7.12. The van der Waals surface area contributed by atoms with E-state index in [1.807, 2.05) is 0 Å². The molecule has 0 aliphatic carbocycles. The van der Waals surface area contributed by atoms with Crippen molar-refractivity contribution in [1.29, 1.82) is 0 Å². The molecule has 0 aromatic heterocycles. The van der Waals surface area contributed by atoms with Crippen LogP contribution in [-0.4, -0.2) is 65.1 Å². The molecule has 1 aromatic rings. The molecular formula is C19H23F2N3O3. The summed E-state index contributed by atoms with van der Waals surface area (Å²) in [5.74, 6) is -2.05. The number of rotatable bonds is 3. The van der Waals surface area contributed by atoms with E-state index >= 15 is 0 Å². The van der Waals surface area contributed by atoms with Crippen molar-refractivity contribution in [2.24, 2.45) is 5.92 Å². The van der Waals surface area contributed by atoms with E-state index in [0.717, 1.165) is 18.6 Å². The molecule has 8 heteroatoms. The largest absolute Gasteiger partial charge is 0.342 e. The minimum Gasteiger partial charge on any atom is -0.342 e. The van der Waals surface area contributed by atoms with E-state index in [1.165, 1.54) is 22.8 Å². The summed E-state index contributed by atoms with van der Waals surface area (Å²) in [4.78, 5) is 41.4. The van der Waals surface area contributed by atoms with Crippen LogP contribution in [0.25, 0.3) is 0 Å². The lowest BCUT2D eigenvalue weighted by molar-refractivity contribution is -0.150. The molecule has 3 rings (SSSR count). The number of piperazine rings is 1. The highest BCUT2D eigenvalue weighted by atomic mass is 19.1. The van der Waals surface area contributed by atoms with E-state index in [0.29, 0.717) is 32.6 Å². The predicted octanol–water partition coefficient (Wildman–Crippen LogP) is 1.39. The monoisotopic (exact) mass is 379 g/mol. The maximum atomic E-state index is 13.8. The molecule has 1 unspecified atom stereocenters.